The summed E-state index contributed by atoms with van der Waals surface area (Å²) in [6.07, 6.45) is 0. The molecule has 0 aliphatic rings. The summed E-state index contributed by atoms with van der Waals surface area (Å²) in [7, 11) is 0. The molecule has 2 aromatic carbocycles. The van der Waals surface area contributed by atoms with Crippen molar-refractivity contribution in [3.05, 3.63) is 71.7 Å². The third-order valence-electron chi connectivity index (χ3n) is 3.64. The largest absolute Gasteiger partial charge is 0.462 e. The van der Waals surface area contributed by atoms with Gasteiger partial charge in [0.25, 0.3) is 0 Å². The molecule has 0 aliphatic carbocycles. The lowest BCUT2D eigenvalue weighted by Crippen LogP contribution is -2.05. The van der Waals surface area contributed by atoms with Crippen molar-refractivity contribution in [2.45, 2.75) is 13.8 Å². The van der Waals surface area contributed by atoms with E-state index in [-0.39, 0.29) is 17.7 Å². The molecule has 3 aromatic rings. The van der Waals surface area contributed by atoms with Crippen LogP contribution in [0.1, 0.15) is 23.0 Å². The molecule has 138 valence electrons. The Morgan fingerprint density at radius 3 is 2.52 bits per heavy atom. The van der Waals surface area contributed by atoms with Crippen LogP contribution >= 0.6 is 0 Å². The number of nitrogens with zero attached hydrogens (tertiary/aromatic N) is 2. The number of hydrogen-bond acceptors (Lipinski definition) is 6. The van der Waals surface area contributed by atoms with Crippen LogP contribution < -0.4 is 10.6 Å². The Kier molecular flexibility index (Phi) is 5.61. The number of rotatable bonds is 6. The Balaban J connectivity index is 1.76. The highest BCUT2D eigenvalue weighted by Gasteiger charge is 2.08. The van der Waals surface area contributed by atoms with Gasteiger partial charge in [0.05, 0.1) is 17.9 Å². The summed E-state index contributed by atoms with van der Waals surface area (Å²) in [4.78, 5) is 20.3. The normalized spacial score (nSPS) is 10.3. The highest BCUT2D eigenvalue weighted by atomic mass is 19.1. The smallest absolute Gasteiger partial charge is 0.338 e. The first kappa shape index (κ1) is 18.3. The zero-order valence-electron chi connectivity index (χ0n) is 15.0. The van der Waals surface area contributed by atoms with Crippen LogP contribution in [0.25, 0.3) is 0 Å². The highest BCUT2D eigenvalue weighted by Crippen LogP contribution is 2.21. The molecule has 0 saturated carbocycles. The number of carbonyl (C=O) groups excluding carboxylic acids is 1. The molecule has 0 spiro atoms. The Morgan fingerprint density at radius 2 is 1.81 bits per heavy atom. The lowest BCUT2D eigenvalue weighted by atomic mass is 10.2. The van der Waals surface area contributed by atoms with E-state index in [9.17, 15) is 9.18 Å². The van der Waals surface area contributed by atoms with Gasteiger partial charge in [-0.1, -0.05) is 12.1 Å². The minimum atomic E-state index is -0.383. The van der Waals surface area contributed by atoms with E-state index in [4.69, 9.17) is 4.74 Å². The van der Waals surface area contributed by atoms with Gasteiger partial charge in [0.2, 0.25) is 5.95 Å². The van der Waals surface area contributed by atoms with Crippen molar-refractivity contribution in [1.82, 2.24) is 9.97 Å². The Labute approximate surface area is 156 Å². The topological polar surface area (TPSA) is 76.1 Å². The molecule has 0 unspecified atom stereocenters. The van der Waals surface area contributed by atoms with Crippen molar-refractivity contribution in [2.24, 2.45) is 0 Å². The van der Waals surface area contributed by atoms with E-state index in [1.807, 2.05) is 6.92 Å². The number of ether oxygens (including phenoxy) is 1. The maximum absolute atomic E-state index is 13.8. The number of esters is 1. The maximum atomic E-state index is 13.8. The van der Waals surface area contributed by atoms with Crippen LogP contribution in [0.4, 0.5) is 27.5 Å². The minimum absolute atomic E-state index is 0.283. The quantitative estimate of drug-likeness (QED) is 0.622. The fraction of sp³-hybridized carbons (Fsp3) is 0.150. The van der Waals surface area contributed by atoms with Gasteiger partial charge in [0, 0.05) is 17.4 Å². The molecule has 0 amide bonds. The summed E-state index contributed by atoms with van der Waals surface area (Å²) in [5.41, 5.74) is 2.24. The van der Waals surface area contributed by atoms with Gasteiger partial charge in [-0.15, -0.1) is 0 Å². The van der Waals surface area contributed by atoms with Gasteiger partial charge >= 0.3 is 5.97 Å². The van der Waals surface area contributed by atoms with Crippen molar-refractivity contribution >= 4 is 29.1 Å². The van der Waals surface area contributed by atoms with Crippen molar-refractivity contribution in [3.8, 4) is 0 Å². The van der Waals surface area contributed by atoms with Gasteiger partial charge in [-0.2, -0.15) is 4.98 Å². The van der Waals surface area contributed by atoms with Crippen LogP contribution in [-0.2, 0) is 4.74 Å². The number of nitrogens with one attached hydrogen (secondary N) is 2. The monoisotopic (exact) mass is 366 g/mol. The van der Waals surface area contributed by atoms with Crippen LogP contribution in [0, 0.1) is 12.7 Å². The second-order valence-corrected chi connectivity index (χ2v) is 5.75. The molecule has 6 nitrogen and oxygen atoms in total. The maximum Gasteiger partial charge on any atom is 0.338 e. The molecule has 27 heavy (non-hydrogen) atoms. The Bertz CT molecular complexity index is 945. The van der Waals surface area contributed by atoms with Gasteiger partial charge in [-0.3, -0.25) is 0 Å². The fourth-order valence-corrected chi connectivity index (χ4v) is 2.42. The number of aryl methyl sites for hydroxylation is 1. The predicted octanol–water partition coefficient (Wildman–Crippen LogP) is 4.59. The number of carbonyl (C=O) groups is 1. The average molecular weight is 366 g/mol. The third-order valence-corrected chi connectivity index (χ3v) is 3.64. The SMILES string of the molecule is CCOC(=O)c1ccc(Nc2cc(C)nc(Nc3ccccc3F)n2)cc1. The zero-order valence-corrected chi connectivity index (χ0v) is 15.0. The zero-order chi connectivity index (χ0) is 19.2. The molecular formula is C20H19FN4O2. The van der Waals surface area contributed by atoms with Crippen LogP contribution in [0.15, 0.2) is 54.6 Å². The summed E-state index contributed by atoms with van der Waals surface area (Å²) >= 11 is 0. The van der Waals surface area contributed by atoms with E-state index < -0.39 is 0 Å². The van der Waals surface area contributed by atoms with E-state index in [1.165, 1.54) is 6.07 Å². The molecule has 2 N–H and O–H groups in total. The van der Waals surface area contributed by atoms with Gasteiger partial charge in [-0.25, -0.2) is 14.2 Å². The van der Waals surface area contributed by atoms with E-state index >= 15 is 0 Å². The van der Waals surface area contributed by atoms with Gasteiger partial charge < -0.3 is 15.4 Å². The number of aromatic nitrogens is 2. The van der Waals surface area contributed by atoms with Crippen LogP contribution in [0.5, 0.6) is 0 Å². The summed E-state index contributed by atoms with van der Waals surface area (Å²) in [6, 6.07) is 15.0. The molecular weight excluding hydrogens is 347 g/mol. The number of halogens is 1. The van der Waals surface area contributed by atoms with Crippen molar-refractivity contribution in [1.29, 1.82) is 0 Å². The Morgan fingerprint density at radius 1 is 1.07 bits per heavy atom. The first-order valence-electron chi connectivity index (χ1n) is 8.46. The summed E-state index contributed by atoms with van der Waals surface area (Å²) in [5.74, 6) is 0.0842. The molecule has 0 aliphatic heterocycles. The molecule has 0 radical (unpaired) electrons. The lowest BCUT2D eigenvalue weighted by molar-refractivity contribution is 0.0526. The number of benzene rings is 2. The van der Waals surface area contributed by atoms with Gasteiger partial charge in [0.15, 0.2) is 0 Å². The van der Waals surface area contributed by atoms with E-state index in [0.717, 1.165) is 11.4 Å². The molecule has 3 rings (SSSR count). The summed E-state index contributed by atoms with van der Waals surface area (Å²) < 4.78 is 18.8. The molecule has 1 heterocycles. The standard InChI is InChI=1S/C20H19FN4O2/c1-3-27-19(26)14-8-10-15(11-9-14)23-18-12-13(2)22-20(25-18)24-17-7-5-4-6-16(17)21/h4-12H,3H2,1-2H3,(H2,22,23,24,25). The molecule has 0 fully saturated rings. The highest BCUT2D eigenvalue weighted by molar-refractivity contribution is 5.89. The third kappa shape index (κ3) is 4.78. The van der Waals surface area contributed by atoms with E-state index in [1.54, 1.807) is 55.5 Å². The Hall–Kier alpha value is -3.48. The van der Waals surface area contributed by atoms with Crippen molar-refractivity contribution in [3.63, 3.8) is 0 Å². The second-order valence-electron chi connectivity index (χ2n) is 5.75. The van der Waals surface area contributed by atoms with E-state index in [2.05, 4.69) is 20.6 Å². The van der Waals surface area contributed by atoms with Gasteiger partial charge in [-0.05, 0) is 50.2 Å². The number of hydrogen-bond donors (Lipinski definition) is 2. The number of para-hydroxylation sites is 1. The van der Waals surface area contributed by atoms with Crippen LogP contribution in [-0.4, -0.2) is 22.5 Å². The van der Waals surface area contributed by atoms with Crippen LogP contribution in [0.3, 0.4) is 0 Å². The second kappa shape index (κ2) is 8.27. The summed E-state index contributed by atoms with van der Waals surface area (Å²) in [6.45, 7) is 3.91. The molecule has 0 bridgehead atoms. The first-order chi connectivity index (χ1) is 13.0. The first-order valence-corrected chi connectivity index (χ1v) is 8.46. The van der Waals surface area contributed by atoms with Gasteiger partial charge in [0.1, 0.15) is 11.6 Å². The van der Waals surface area contributed by atoms with E-state index in [0.29, 0.717) is 23.7 Å². The van der Waals surface area contributed by atoms with Crippen molar-refractivity contribution < 1.29 is 13.9 Å². The number of anilines is 4. The minimum Gasteiger partial charge on any atom is -0.462 e. The molecule has 0 saturated heterocycles. The van der Waals surface area contributed by atoms with Crippen molar-refractivity contribution in [2.75, 3.05) is 17.2 Å². The predicted molar refractivity (Wildman–Crippen MR) is 102 cm³/mol. The molecule has 1 aromatic heterocycles. The fourth-order valence-electron chi connectivity index (χ4n) is 2.42. The average Bonchev–Trinajstić information content (AvgIpc) is 2.64. The van der Waals surface area contributed by atoms with Crippen LogP contribution in [0.2, 0.25) is 0 Å². The lowest BCUT2D eigenvalue weighted by Gasteiger charge is -2.11. The molecule has 7 heteroatoms. The molecule has 0 atom stereocenters. The summed E-state index contributed by atoms with van der Waals surface area (Å²) in [5, 5.41) is 6.03.